The molecule has 9 heteroatoms. The Bertz CT molecular complexity index is 710. The number of aliphatic imine (C=N–C) groups is 1. The summed E-state index contributed by atoms with van der Waals surface area (Å²) in [6.45, 7) is 2.88. The molecule has 3 N–H and O–H groups in total. The Morgan fingerprint density at radius 3 is 2.85 bits per heavy atom. The summed E-state index contributed by atoms with van der Waals surface area (Å²) in [5.74, 6) is -0.184. The molecule has 0 saturated carbocycles. The number of aliphatic hydroxyl groups is 3. The summed E-state index contributed by atoms with van der Waals surface area (Å²) in [6.07, 6.45) is 0.390. The third kappa shape index (κ3) is 1.64. The highest BCUT2D eigenvalue weighted by Gasteiger charge is 2.37. The maximum atomic E-state index is 9.94. The average Bonchev–Trinajstić information content (AvgIpc) is 3.01. The third-order valence-electron chi connectivity index (χ3n) is 3.01. The van der Waals surface area contributed by atoms with E-state index in [1.165, 1.54) is 17.2 Å². The second kappa shape index (κ2) is 4.54. The Labute approximate surface area is 112 Å². The van der Waals surface area contributed by atoms with E-state index in [-0.39, 0.29) is 5.76 Å². The van der Waals surface area contributed by atoms with Gasteiger partial charge in [0.1, 0.15) is 19.3 Å². The summed E-state index contributed by atoms with van der Waals surface area (Å²) in [5, 5.41) is 28.6. The molecule has 0 spiro atoms. The van der Waals surface area contributed by atoms with Crippen LogP contribution in [0.3, 0.4) is 0 Å². The summed E-state index contributed by atoms with van der Waals surface area (Å²) in [7, 11) is 0. The molecular formula is C11H11N5O4. The predicted molar refractivity (Wildman–Crippen MR) is 67.4 cm³/mol. The zero-order valence-electron chi connectivity index (χ0n) is 10.2. The van der Waals surface area contributed by atoms with Crippen LogP contribution in [-0.4, -0.2) is 54.3 Å². The highest BCUT2D eigenvalue weighted by molar-refractivity contribution is 5.81. The van der Waals surface area contributed by atoms with Crippen molar-refractivity contribution < 1.29 is 20.1 Å². The molecule has 3 rings (SSSR count). The molecule has 0 fully saturated rings. The topological polar surface area (TPSA) is 126 Å². The summed E-state index contributed by atoms with van der Waals surface area (Å²) in [6, 6.07) is 0. The lowest BCUT2D eigenvalue weighted by Gasteiger charge is -2.16. The van der Waals surface area contributed by atoms with Gasteiger partial charge in [0.2, 0.25) is 6.23 Å². The van der Waals surface area contributed by atoms with Crippen molar-refractivity contribution in [2.75, 3.05) is 6.61 Å². The molecule has 2 atom stereocenters. The zero-order chi connectivity index (χ0) is 14.3. The van der Waals surface area contributed by atoms with Crippen LogP contribution in [0.15, 0.2) is 29.2 Å². The Hall–Kier alpha value is -2.52. The van der Waals surface area contributed by atoms with E-state index in [0.717, 1.165) is 0 Å². The van der Waals surface area contributed by atoms with Crippen LogP contribution in [0.25, 0.3) is 11.2 Å². The number of rotatable bonds is 3. The van der Waals surface area contributed by atoms with Crippen LogP contribution in [0, 0.1) is 0 Å². The first-order valence-corrected chi connectivity index (χ1v) is 5.69. The van der Waals surface area contributed by atoms with Gasteiger partial charge in [-0.2, -0.15) is 0 Å². The fourth-order valence-electron chi connectivity index (χ4n) is 2.04. The Morgan fingerprint density at radius 2 is 2.20 bits per heavy atom. The fraction of sp³-hybridized carbons (Fsp3) is 0.273. The Kier molecular flexibility index (Phi) is 2.84. The molecule has 0 aromatic carbocycles. The van der Waals surface area contributed by atoms with E-state index in [1.807, 2.05) is 0 Å². The highest BCUT2D eigenvalue weighted by atomic mass is 16.5. The predicted octanol–water partition coefficient (Wildman–Crippen LogP) is -0.190. The molecule has 0 amide bonds. The van der Waals surface area contributed by atoms with Gasteiger partial charge in [-0.05, 0) is 6.72 Å². The van der Waals surface area contributed by atoms with E-state index in [9.17, 15) is 10.2 Å². The van der Waals surface area contributed by atoms with Crippen molar-refractivity contribution in [3.8, 4) is 0 Å². The summed E-state index contributed by atoms with van der Waals surface area (Å²) in [4.78, 5) is 15.8. The standard InChI is InChI=1S/C11H11N5O4/c1-12-9-6-10(14-3-13-9)16(4-15-6)11-8(19)7(18)5(2-17)20-11/h3-4,8,11,17-19H,1-2H2/t8?,11-/m1/s1. The highest BCUT2D eigenvalue weighted by Crippen LogP contribution is 2.33. The van der Waals surface area contributed by atoms with E-state index in [0.29, 0.717) is 17.0 Å². The first-order chi connectivity index (χ1) is 9.67. The number of imidazole rings is 1. The van der Waals surface area contributed by atoms with Gasteiger partial charge in [0.15, 0.2) is 34.6 Å². The number of aromatic nitrogens is 4. The molecule has 104 valence electrons. The Balaban J connectivity index is 2.07. The second-order valence-electron chi connectivity index (χ2n) is 4.10. The molecule has 2 aromatic heterocycles. The van der Waals surface area contributed by atoms with Gasteiger partial charge in [-0.1, -0.05) is 0 Å². The number of fused-ring (bicyclic) bond motifs is 1. The Morgan fingerprint density at radius 1 is 1.40 bits per heavy atom. The van der Waals surface area contributed by atoms with Crippen LogP contribution in [0.5, 0.6) is 0 Å². The van der Waals surface area contributed by atoms with Gasteiger partial charge in [0.05, 0.1) is 0 Å². The summed E-state index contributed by atoms with van der Waals surface area (Å²) in [5.41, 5.74) is 0.772. The second-order valence-corrected chi connectivity index (χ2v) is 4.10. The fourth-order valence-corrected chi connectivity index (χ4v) is 2.04. The summed E-state index contributed by atoms with van der Waals surface area (Å²) < 4.78 is 6.73. The van der Waals surface area contributed by atoms with Gasteiger partial charge in [-0.15, -0.1) is 0 Å². The molecule has 0 radical (unpaired) electrons. The van der Waals surface area contributed by atoms with E-state index in [4.69, 9.17) is 9.84 Å². The number of hydrogen-bond acceptors (Lipinski definition) is 8. The van der Waals surface area contributed by atoms with Crippen molar-refractivity contribution in [1.82, 2.24) is 19.5 Å². The molecule has 0 saturated heterocycles. The maximum Gasteiger partial charge on any atom is 0.211 e. The lowest BCUT2D eigenvalue weighted by atomic mass is 10.2. The van der Waals surface area contributed by atoms with Crippen molar-refractivity contribution in [2.45, 2.75) is 12.3 Å². The third-order valence-corrected chi connectivity index (χ3v) is 3.01. The molecular weight excluding hydrogens is 266 g/mol. The van der Waals surface area contributed by atoms with Crippen LogP contribution in [0.2, 0.25) is 0 Å². The minimum Gasteiger partial charge on any atom is -0.506 e. The molecule has 1 aliphatic heterocycles. The normalized spacial score (nSPS) is 22.3. The minimum absolute atomic E-state index is 0.0829. The maximum absolute atomic E-state index is 9.94. The molecule has 0 bridgehead atoms. The molecule has 9 nitrogen and oxygen atoms in total. The van der Waals surface area contributed by atoms with E-state index in [2.05, 4.69) is 26.7 Å². The molecule has 20 heavy (non-hydrogen) atoms. The van der Waals surface area contributed by atoms with Crippen molar-refractivity contribution in [2.24, 2.45) is 4.99 Å². The first-order valence-electron chi connectivity index (χ1n) is 5.69. The zero-order valence-corrected chi connectivity index (χ0v) is 10.2. The van der Waals surface area contributed by atoms with E-state index < -0.39 is 24.7 Å². The molecule has 2 aromatic rings. The smallest absolute Gasteiger partial charge is 0.211 e. The van der Waals surface area contributed by atoms with Crippen LogP contribution in [0.1, 0.15) is 6.23 Å². The number of hydrogen-bond donors (Lipinski definition) is 3. The van der Waals surface area contributed by atoms with Crippen molar-refractivity contribution in [1.29, 1.82) is 0 Å². The SMILES string of the molecule is C=Nc1ncnc2c1ncn2[C@@H]1OC(CO)=C(O)C1O. The van der Waals surface area contributed by atoms with Crippen molar-refractivity contribution in [3.63, 3.8) is 0 Å². The van der Waals surface area contributed by atoms with E-state index >= 15 is 0 Å². The van der Waals surface area contributed by atoms with Crippen LogP contribution >= 0.6 is 0 Å². The molecule has 0 aliphatic carbocycles. The minimum atomic E-state index is -1.32. The van der Waals surface area contributed by atoms with Gasteiger partial charge in [-0.3, -0.25) is 4.57 Å². The quantitative estimate of drug-likeness (QED) is 0.664. The molecule has 1 aliphatic rings. The van der Waals surface area contributed by atoms with Crippen LogP contribution < -0.4 is 0 Å². The van der Waals surface area contributed by atoms with Crippen molar-refractivity contribution in [3.05, 3.63) is 24.2 Å². The van der Waals surface area contributed by atoms with E-state index in [1.54, 1.807) is 0 Å². The first kappa shape index (κ1) is 12.5. The van der Waals surface area contributed by atoms with Gasteiger partial charge < -0.3 is 20.1 Å². The molecule has 1 unspecified atom stereocenters. The van der Waals surface area contributed by atoms with Gasteiger partial charge in [0, 0.05) is 0 Å². The lowest BCUT2D eigenvalue weighted by Crippen LogP contribution is -2.22. The van der Waals surface area contributed by atoms with Gasteiger partial charge in [0.25, 0.3) is 0 Å². The molecule has 3 heterocycles. The van der Waals surface area contributed by atoms with Gasteiger partial charge >= 0.3 is 0 Å². The number of aliphatic hydroxyl groups excluding tert-OH is 3. The van der Waals surface area contributed by atoms with Crippen molar-refractivity contribution >= 4 is 23.7 Å². The lowest BCUT2D eigenvalue weighted by molar-refractivity contribution is -0.0119. The number of nitrogens with zero attached hydrogens (tertiary/aromatic N) is 5. The van der Waals surface area contributed by atoms with Crippen LogP contribution in [-0.2, 0) is 4.74 Å². The average molecular weight is 277 g/mol. The number of ether oxygens (including phenoxy) is 1. The largest absolute Gasteiger partial charge is 0.506 e. The van der Waals surface area contributed by atoms with Crippen LogP contribution in [0.4, 0.5) is 5.82 Å². The monoisotopic (exact) mass is 277 g/mol. The van der Waals surface area contributed by atoms with Gasteiger partial charge in [-0.25, -0.2) is 19.9 Å². The summed E-state index contributed by atoms with van der Waals surface area (Å²) >= 11 is 0.